The maximum atomic E-state index is 5.81. The molecule has 1 heterocycles. The van der Waals surface area contributed by atoms with E-state index in [0.29, 0.717) is 12.5 Å². The van der Waals surface area contributed by atoms with Gasteiger partial charge in [0.15, 0.2) is 0 Å². The van der Waals surface area contributed by atoms with E-state index in [2.05, 4.69) is 19.2 Å². The van der Waals surface area contributed by atoms with Gasteiger partial charge in [0.25, 0.3) is 0 Å². The van der Waals surface area contributed by atoms with Crippen molar-refractivity contribution in [1.82, 2.24) is 10.3 Å². The van der Waals surface area contributed by atoms with Crippen molar-refractivity contribution < 1.29 is 4.74 Å². The van der Waals surface area contributed by atoms with E-state index in [-0.39, 0.29) is 0 Å². The van der Waals surface area contributed by atoms with Crippen LogP contribution in [0, 0.1) is 0 Å². The summed E-state index contributed by atoms with van der Waals surface area (Å²) in [5.74, 6) is 1.36. The van der Waals surface area contributed by atoms with Gasteiger partial charge in [-0.25, -0.2) is 4.98 Å². The van der Waals surface area contributed by atoms with Crippen LogP contribution in [-0.4, -0.2) is 11.0 Å². The van der Waals surface area contributed by atoms with Crippen molar-refractivity contribution >= 4 is 11.3 Å². The predicted molar refractivity (Wildman–Crippen MR) is 86.8 cm³/mol. The molecule has 0 aliphatic heterocycles. The van der Waals surface area contributed by atoms with Crippen molar-refractivity contribution in [2.24, 2.45) is 0 Å². The topological polar surface area (TPSA) is 34.1 Å². The number of thiazole rings is 1. The zero-order chi connectivity index (χ0) is 14.7. The molecule has 0 unspecified atom stereocenters. The Morgan fingerprint density at radius 1 is 1.29 bits per heavy atom. The molecule has 0 spiro atoms. The average molecular weight is 302 g/mol. The molecule has 0 bridgehead atoms. The molecule has 1 aromatic heterocycles. The van der Waals surface area contributed by atoms with Crippen LogP contribution < -0.4 is 10.1 Å². The van der Waals surface area contributed by atoms with E-state index < -0.39 is 0 Å². The van der Waals surface area contributed by atoms with Gasteiger partial charge in [-0.3, -0.25) is 0 Å². The minimum absolute atomic E-state index is 0.461. The van der Waals surface area contributed by atoms with E-state index in [1.807, 2.05) is 30.3 Å². The lowest BCUT2D eigenvalue weighted by Gasteiger charge is -2.05. The highest BCUT2D eigenvalue weighted by molar-refractivity contribution is 7.11. The van der Waals surface area contributed by atoms with Crippen molar-refractivity contribution in [3.05, 3.63) is 45.9 Å². The average Bonchev–Trinajstić information content (AvgIpc) is 3.23. The number of hydrogen-bond donors (Lipinski definition) is 1. The molecular formula is C17H22N2OS. The van der Waals surface area contributed by atoms with Gasteiger partial charge < -0.3 is 10.1 Å². The van der Waals surface area contributed by atoms with Crippen molar-refractivity contribution in [3.63, 3.8) is 0 Å². The molecule has 3 rings (SSSR count). The minimum atomic E-state index is 0.461. The number of ether oxygens (including phenoxy) is 1. The predicted octanol–water partition coefficient (Wildman–Crippen LogP) is 4.10. The molecule has 1 aromatic carbocycles. The molecular weight excluding hydrogens is 280 g/mol. The van der Waals surface area contributed by atoms with Crippen molar-refractivity contribution in [2.45, 2.75) is 51.8 Å². The van der Waals surface area contributed by atoms with Crippen LogP contribution in [0.3, 0.4) is 0 Å². The van der Waals surface area contributed by atoms with E-state index in [1.165, 1.54) is 23.4 Å². The third-order valence-corrected chi connectivity index (χ3v) is 4.60. The maximum Gasteiger partial charge on any atom is 0.140 e. The first kappa shape index (κ1) is 14.5. The highest BCUT2D eigenvalue weighted by Gasteiger charge is 2.22. The second-order valence-electron chi connectivity index (χ2n) is 5.83. The Labute approximate surface area is 130 Å². The van der Waals surface area contributed by atoms with Gasteiger partial charge in [0.2, 0.25) is 0 Å². The van der Waals surface area contributed by atoms with E-state index in [9.17, 15) is 0 Å². The van der Waals surface area contributed by atoms with Gasteiger partial charge in [-0.15, -0.1) is 11.3 Å². The molecule has 112 valence electrons. The van der Waals surface area contributed by atoms with Gasteiger partial charge >= 0.3 is 0 Å². The summed E-state index contributed by atoms with van der Waals surface area (Å²) in [5.41, 5.74) is 1.22. The standard InChI is InChI=1S/C17H22N2OS/c1-12(2)17-15(10-18-13-8-9-13)21-16(19-17)11-20-14-6-4-3-5-7-14/h3-7,12-13,18H,8-11H2,1-2H3. The fraction of sp³-hybridized carbons (Fsp3) is 0.471. The summed E-state index contributed by atoms with van der Waals surface area (Å²) in [6, 6.07) is 10.7. The van der Waals surface area contributed by atoms with Crippen molar-refractivity contribution in [1.29, 1.82) is 0 Å². The Kier molecular flexibility index (Phi) is 4.56. The first-order valence-corrected chi connectivity index (χ1v) is 8.43. The minimum Gasteiger partial charge on any atom is -0.486 e. The third kappa shape index (κ3) is 4.05. The van der Waals surface area contributed by atoms with E-state index >= 15 is 0 Å². The smallest absolute Gasteiger partial charge is 0.140 e. The molecule has 0 saturated heterocycles. The lowest BCUT2D eigenvalue weighted by atomic mass is 10.1. The first-order valence-electron chi connectivity index (χ1n) is 7.62. The van der Waals surface area contributed by atoms with Crippen LogP contribution in [0.2, 0.25) is 0 Å². The number of aromatic nitrogens is 1. The Bertz CT molecular complexity index is 576. The number of hydrogen-bond acceptors (Lipinski definition) is 4. The van der Waals surface area contributed by atoms with Crippen LogP contribution in [0.5, 0.6) is 5.75 Å². The molecule has 1 aliphatic carbocycles. The summed E-state index contributed by atoms with van der Waals surface area (Å²) >= 11 is 1.78. The molecule has 2 aromatic rings. The number of rotatable bonds is 7. The fourth-order valence-corrected chi connectivity index (χ4v) is 3.33. The maximum absolute atomic E-state index is 5.81. The summed E-state index contributed by atoms with van der Waals surface area (Å²) in [7, 11) is 0. The largest absolute Gasteiger partial charge is 0.486 e. The van der Waals surface area contributed by atoms with Crippen LogP contribution >= 0.6 is 11.3 Å². The van der Waals surface area contributed by atoms with Gasteiger partial charge in [-0.2, -0.15) is 0 Å². The second kappa shape index (κ2) is 6.58. The number of para-hydroxylation sites is 1. The van der Waals surface area contributed by atoms with Crippen LogP contribution in [0.15, 0.2) is 30.3 Å². The van der Waals surface area contributed by atoms with Crippen LogP contribution in [0.1, 0.15) is 48.2 Å². The molecule has 1 fully saturated rings. The zero-order valence-corrected chi connectivity index (χ0v) is 13.5. The normalized spacial score (nSPS) is 14.6. The lowest BCUT2D eigenvalue weighted by Crippen LogP contribution is -2.15. The Morgan fingerprint density at radius 3 is 2.71 bits per heavy atom. The summed E-state index contributed by atoms with van der Waals surface area (Å²) in [6.45, 7) is 5.91. The summed E-state index contributed by atoms with van der Waals surface area (Å²) in [6.07, 6.45) is 2.64. The highest BCUT2D eigenvalue weighted by atomic mass is 32.1. The van der Waals surface area contributed by atoms with Crippen LogP contribution in [0.25, 0.3) is 0 Å². The van der Waals surface area contributed by atoms with Crippen molar-refractivity contribution in [2.75, 3.05) is 0 Å². The van der Waals surface area contributed by atoms with Gasteiger partial charge in [0, 0.05) is 17.5 Å². The van der Waals surface area contributed by atoms with Gasteiger partial charge in [-0.1, -0.05) is 32.0 Å². The zero-order valence-electron chi connectivity index (χ0n) is 12.6. The summed E-state index contributed by atoms with van der Waals surface area (Å²) in [4.78, 5) is 6.14. The molecule has 0 amide bonds. The molecule has 1 aliphatic rings. The quantitative estimate of drug-likeness (QED) is 0.836. The molecule has 3 nitrogen and oxygen atoms in total. The van der Waals surface area contributed by atoms with E-state index in [1.54, 1.807) is 11.3 Å². The monoisotopic (exact) mass is 302 g/mol. The van der Waals surface area contributed by atoms with Crippen LogP contribution in [-0.2, 0) is 13.2 Å². The van der Waals surface area contributed by atoms with Gasteiger partial charge in [0.1, 0.15) is 17.4 Å². The molecule has 4 heteroatoms. The Hall–Kier alpha value is -1.39. The first-order chi connectivity index (χ1) is 10.2. The molecule has 0 atom stereocenters. The highest BCUT2D eigenvalue weighted by Crippen LogP contribution is 2.27. The summed E-state index contributed by atoms with van der Waals surface area (Å²) < 4.78 is 5.81. The molecule has 21 heavy (non-hydrogen) atoms. The molecule has 1 saturated carbocycles. The molecule has 1 N–H and O–H groups in total. The van der Waals surface area contributed by atoms with Gasteiger partial charge in [-0.05, 0) is 30.9 Å². The lowest BCUT2D eigenvalue weighted by molar-refractivity contribution is 0.305. The number of nitrogens with zero attached hydrogens (tertiary/aromatic N) is 1. The van der Waals surface area contributed by atoms with E-state index in [0.717, 1.165) is 23.3 Å². The van der Waals surface area contributed by atoms with E-state index in [4.69, 9.17) is 9.72 Å². The Balaban J connectivity index is 1.65. The van der Waals surface area contributed by atoms with Gasteiger partial charge in [0.05, 0.1) is 5.69 Å². The Morgan fingerprint density at radius 2 is 2.05 bits per heavy atom. The van der Waals surface area contributed by atoms with Crippen molar-refractivity contribution in [3.8, 4) is 5.75 Å². The third-order valence-electron chi connectivity index (χ3n) is 3.55. The SMILES string of the molecule is CC(C)c1nc(COc2ccccc2)sc1CNC1CC1. The number of benzene rings is 1. The fourth-order valence-electron chi connectivity index (χ4n) is 2.24. The second-order valence-corrected chi connectivity index (χ2v) is 7.00. The number of nitrogens with one attached hydrogen (secondary N) is 1. The molecule has 0 radical (unpaired) electrons. The van der Waals surface area contributed by atoms with Crippen LogP contribution in [0.4, 0.5) is 0 Å². The summed E-state index contributed by atoms with van der Waals surface area (Å²) in [5, 5.41) is 4.65.